The van der Waals surface area contributed by atoms with E-state index >= 15 is 0 Å². The molecule has 1 heterocycles. The second kappa shape index (κ2) is 9.62. The first-order valence-electron chi connectivity index (χ1n) is 8.63. The van der Waals surface area contributed by atoms with Crippen LogP contribution in [0.4, 0.5) is 11.4 Å². The lowest BCUT2D eigenvalue weighted by Crippen LogP contribution is -2.35. The highest BCUT2D eigenvalue weighted by molar-refractivity contribution is 14.1. The van der Waals surface area contributed by atoms with Gasteiger partial charge in [0.05, 0.1) is 5.69 Å². The van der Waals surface area contributed by atoms with E-state index in [4.69, 9.17) is 23.2 Å². The highest BCUT2D eigenvalue weighted by Crippen LogP contribution is 2.23. The SMILES string of the molecule is O=C1NN(c2ccc(I)cc2)C(=O)C1=Cc1ccc(N(CCCl)CCCl)cc1. The molecule has 0 unspecified atom stereocenters. The third-order valence-electron chi connectivity index (χ3n) is 4.25. The number of hydrogen-bond donors (Lipinski definition) is 1. The zero-order valence-corrected chi connectivity index (χ0v) is 18.5. The normalized spacial score (nSPS) is 15.2. The predicted molar refractivity (Wildman–Crippen MR) is 123 cm³/mol. The van der Waals surface area contributed by atoms with Gasteiger partial charge in [0.2, 0.25) is 0 Å². The van der Waals surface area contributed by atoms with Crippen LogP contribution in [0.25, 0.3) is 6.08 Å². The fourth-order valence-corrected chi connectivity index (χ4v) is 3.62. The molecule has 1 saturated heterocycles. The summed E-state index contributed by atoms with van der Waals surface area (Å²) in [4.78, 5) is 27.1. The number of amides is 2. The number of halogens is 3. The van der Waals surface area contributed by atoms with Crippen LogP contribution >= 0.6 is 45.8 Å². The summed E-state index contributed by atoms with van der Waals surface area (Å²) >= 11 is 13.9. The van der Waals surface area contributed by atoms with E-state index in [1.165, 1.54) is 5.01 Å². The van der Waals surface area contributed by atoms with E-state index in [9.17, 15) is 9.59 Å². The van der Waals surface area contributed by atoms with Gasteiger partial charge >= 0.3 is 0 Å². The van der Waals surface area contributed by atoms with Gasteiger partial charge < -0.3 is 4.90 Å². The van der Waals surface area contributed by atoms with Crippen LogP contribution in [-0.4, -0.2) is 36.7 Å². The lowest BCUT2D eigenvalue weighted by molar-refractivity contribution is -0.117. The average molecular weight is 530 g/mol. The Hall–Kier alpha value is -1.77. The molecule has 146 valence electrons. The molecule has 0 aliphatic carbocycles. The Morgan fingerprint density at radius 2 is 1.57 bits per heavy atom. The number of alkyl halides is 2. The molecule has 1 fully saturated rings. The van der Waals surface area contributed by atoms with Crippen LogP contribution in [0.15, 0.2) is 54.1 Å². The van der Waals surface area contributed by atoms with Gasteiger partial charge in [-0.2, -0.15) is 0 Å². The van der Waals surface area contributed by atoms with Gasteiger partial charge in [-0.1, -0.05) is 12.1 Å². The highest BCUT2D eigenvalue weighted by Gasteiger charge is 2.34. The highest BCUT2D eigenvalue weighted by atomic mass is 127. The van der Waals surface area contributed by atoms with Gasteiger partial charge in [0.15, 0.2) is 0 Å². The summed E-state index contributed by atoms with van der Waals surface area (Å²) in [7, 11) is 0. The molecule has 0 radical (unpaired) electrons. The molecule has 1 aliphatic rings. The first-order chi connectivity index (χ1) is 13.5. The number of nitrogens with zero attached hydrogens (tertiary/aromatic N) is 2. The van der Waals surface area contributed by atoms with Crippen molar-refractivity contribution in [3.63, 3.8) is 0 Å². The zero-order chi connectivity index (χ0) is 20.1. The van der Waals surface area contributed by atoms with Crippen LogP contribution < -0.4 is 15.3 Å². The summed E-state index contributed by atoms with van der Waals surface area (Å²) in [5.74, 6) is 0.219. The van der Waals surface area contributed by atoms with E-state index < -0.39 is 5.91 Å². The van der Waals surface area contributed by atoms with Gasteiger partial charge in [0, 0.05) is 34.1 Å². The zero-order valence-electron chi connectivity index (χ0n) is 14.9. The van der Waals surface area contributed by atoms with Gasteiger partial charge in [0.1, 0.15) is 5.57 Å². The maximum absolute atomic E-state index is 12.7. The van der Waals surface area contributed by atoms with Crippen molar-refractivity contribution >= 4 is 75.1 Å². The van der Waals surface area contributed by atoms with Crippen molar-refractivity contribution < 1.29 is 9.59 Å². The van der Waals surface area contributed by atoms with Crippen LogP contribution in [0.5, 0.6) is 0 Å². The summed E-state index contributed by atoms with van der Waals surface area (Å²) in [5, 5.41) is 1.27. The van der Waals surface area contributed by atoms with Crippen LogP contribution in [-0.2, 0) is 9.59 Å². The number of nitrogens with one attached hydrogen (secondary N) is 1. The Labute approximate surface area is 187 Å². The number of hydrazine groups is 1. The molecule has 3 rings (SSSR count). The molecule has 0 spiro atoms. The molecular formula is C20H18Cl2IN3O2. The second-order valence-corrected chi connectivity index (χ2v) is 8.07. The van der Waals surface area contributed by atoms with Gasteiger partial charge in [-0.25, -0.2) is 5.01 Å². The lowest BCUT2D eigenvalue weighted by atomic mass is 10.1. The maximum Gasteiger partial charge on any atom is 0.282 e. The Bertz CT molecular complexity index is 879. The largest absolute Gasteiger partial charge is 0.369 e. The lowest BCUT2D eigenvalue weighted by Gasteiger charge is -2.22. The van der Waals surface area contributed by atoms with Crippen LogP contribution in [0.2, 0.25) is 0 Å². The first kappa shape index (κ1) is 21.0. The number of carbonyl (C=O) groups excluding carboxylic acids is 2. The molecule has 8 heteroatoms. The van der Waals surface area contributed by atoms with Crippen LogP contribution in [0.1, 0.15) is 5.56 Å². The molecule has 2 aromatic carbocycles. The Morgan fingerprint density at radius 1 is 0.964 bits per heavy atom. The minimum Gasteiger partial charge on any atom is -0.369 e. The summed E-state index contributed by atoms with van der Waals surface area (Å²) in [6.45, 7) is 1.39. The van der Waals surface area contributed by atoms with Crippen molar-refractivity contribution in [3.05, 3.63) is 63.2 Å². The number of hydrogen-bond acceptors (Lipinski definition) is 3. The number of carbonyl (C=O) groups is 2. The summed E-state index contributed by atoms with van der Waals surface area (Å²) < 4.78 is 1.05. The van der Waals surface area contributed by atoms with Crippen molar-refractivity contribution in [1.82, 2.24) is 5.43 Å². The molecule has 1 N–H and O–H groups in total. The van der Waals surface area contributed by atoms with E-state index in [2.05, 4.69) is 32.9 Å². The van der Waals surface area contributed by atoms with Crippen molar-refractivity contribution in [2.24, 2.45) is 0 Å². The standard InChI is InChI=1S/C20H18Cl2IN3O2/c21-9-11-25(12-10-22)16-5-1-14(2-6-16)13-18-19(27)24-26(20(18)28)17-7-3-15(23)4-8-17/h1-8,13H,9-12H2,(H,24,27). The molecule has 1 aliphatic heterocycles. The number of benzene rings is 2. The predicted octanol–water partition coefficient (Wildman–Crippen LogP) is 4.04. The minimum atomic E-state index is -0.418. The van der Waals surface area contributed by atoms with Crippen molar-refractivity contribution in [2.45, 2.75) is 0 Å². The Kier molecular flexibility index (Phi) is 7.20. The van der Waals surface area contributed by atoms with E-state index in [-0.39, 0.29) is 11.5 Å². The third-order valence-corrected chi connectivity index (χ3v) is 5.31. The van der Waals surface area contributed by atoms with E-state index in [0.717, 1.165) is 14.8 Å². The quantitative estimate of drug-likeness (QED) is 0.255. The topological polar surface area (TPSA) is 52.7 Å². The van der Waals surface area contributed by atoms with Crippen molar-refractivity contribution in [1.29, 1.82) is 0 Å². The van der Waals surface area contributed by atoms with E-state index in [1.54, 1.807) is 18.2 Å². The molecule has 28 heavy (non-hydrogen) atoms. The van der Waals surface area contributed by atoms with Gasteiger partial charge in [0.25, 0.3) is 11.8 Å². The minimum absolute atomic E-state index is 0.102. The Balaban J connectivity index is 1.80. The molecule has 2 aromatic rings. The molecule has 0 atom stereocenters. The molecule has 0 bridgehead atoms. The van der Waals surface area contributed by atoms with Crippen molar-refractivity contribution in [2.75, 3.05) is 34.8 Å². The molecule has 0 aromatic heterocycles. The van der Waals surface area contributed by atoms with E-state index in [0.29, 0.717) is 30.5 Å². The Morgan fingerprint density at radius 3 is 2.14 bits per heavy atom. The average Bonchev–Trinajstić information content (AvgIpc) is 2.97. The van der Waals surface area contributed by atoms with Crippen molar-refractivity contribution in [3.8, 4) is 0 Å². The fraction of sp³-hybridized carbons (Fsp3) is 0.200. The molecular weight excluding hydrogens is 512 g/mol. The van der Waals surface area contributed by atoms with Gasteiger partial charge in [-0.15, -0.1) is 23.2 Å². The third kappa shape index (κ3) is 4.79. The summed E-state index contributed by atoms with van der Waals surface area (Å²) in [6, 6.07) is 14.9. The number of anilines is 2. The number of rotatable bonds is 7. The molecule has 0 saturated carbocycles. The molecule has 2 amide bonds. The molecule has 5 nitrogen and oxygen atoms in total. The van der Waals surface area contributed by atoms with E-state index in [1.807, 2.05) is 36.4 Å². The summed E-state index contributed by atoms with van der Waals surface area (Å²) in [5.41, 5.74) is 5.09. The summed E-state index contributed by atoms with van der Waals surface area (Å²) in [6.07, 6.45) is 1.60. The fourth-order valence-electron chi connectivity index (χ4n) is 2.85. The maximum atomic E-state index is 12.7. The first-order valence-corrected chi connectivity index (χ1v) is 10.8. The second-order valence-electron chi connectivity index (χ2n) is 6.07. The monoisotopic (exact) mass is 529 g/mol. The van der Waals surface area contributed by atoms with Crippen LogP contribution in [0, 0.1) is 3.57 Å². The smallest absolute Gasteiger partial charge is 0.282 e. The van der Waals surface area contributed by atoms with Gasteiger partial charge in [-0.3, -0.25) is 15.0 Å². The van der Waals surface area contributed by atoms with Gasteiger partial charge in [-0.05, 0) is 70.6 Å². The van der Waals surface area contributed by atoms with Crippen LogP contribution in [0.3, 0.4) is 0 Å².